The van der Waals surface area contributed by atoms with Gasteiger partial charge in [-0.15, -0.1) is 0 Å². The minimum Gasteiger partial charge on any atom is -0.473 e. The average molecular weight is 583 g/mol. The Balaban J connectivity index is 1.28. The van der Waals surface area contributed by atoms with Gasteiger partial charge < -0.3 is 20.3 Å². The number of halogens is 1. The highest BCUT2D eigenvalue weighted by atomic mass is 35.5. The number of benzene rings is 3. The van der Waals surface area contributed by atoms with Crippen molar-refractivity contribution >= 4 is 40.0 Å². The summed E-state index contributed by atoms with van der Waals surface area (Å²) in [6, 6.07) is 20.2. The first kappa shape index (κ1) is 29.1. The Morgan fingerprint density at radius 1 is 1.00 bits per heavy atom. The predicted octanol–water partition coefficient (Wildman–Crippen LogP) is 7.47. The summed E-state index contributed by atoms with van der Waals surface area (Å²) in [7, 11) is 2.01. The number of rotatable bonds is 8. The van der Waals surface area contributed by atoms with Crippen LogP contribution < -0.4 is 10.6 Å². The van der Waals surface area contributed by atoms with Crippen LogP contribution in [0.1, 0.15) is 58.5 Å². The van der Waals surface area contributed by atoms with Gasteiger partial charge in [-0.2, -0.15) is 0 Å². The molecule has 8 heteroatoms. The Hall–Kier alpha value is -4.36. The number of carbonyl (C=O) groups excluding carboxylic acids is 2. The smallest absolute Gasteiger partial charge is 0.256 e. The van der Waals surface area contributed by atoms with Crippen LogP contribution in [0, 0.1) is 13.8 Å². The van der Waals surface area contributed by atoms with Gasteiger partial charge in [0.1, 0.15) is 5.76 Å². The molecule has 0 radical (unpaired) electrons. The van der Waals surface area contributed by atoms with E-state index in [1.54, 1.807) is 30.3 Å². The second-order valence-corrected chi connectivity index (χ2v) is 11.1. The third kappa shape index (κ3) is 6.11. The topological polar surface area (TPSA) is 83.6 Å². The highest BCUT2D eigenvalue weighted by Crippen LogP contribution is 2.32. The second kappa shape index (κ2) is 12.2. The molecule has 42 heavy (non-hydrogen) atoms. The molecular formula is C34H35ClN4O3. The summed E-state index contributed by atoms with van der Waals surface area (Å²) >= 11 is 6.48. The van der Waals surface area contributed by atoms with E-state index in [4.69, 9.17) is 21.3 Å². The Labute approximate surface area is 251 Å². The van der Waals surface area contributed by atoms with Crippen LogP contribution in [0.15, 0.2) is 78.2 Å². The van der Waals surface area contributed by atoms with Crippen molar-refractivity contribution in [3.8, 4) is 11.3 Å². The van der Waals surface area contributed by atoms with Gasteiger partial charge in [-0.3, -0.25) is 9.59 Å². The van der Waals surface area contributed by atoms with Crippen LogP contribution in [0.4, 0.5) is 5.69 Å². The van der Waals surface area contributed by atoms with E-state index in [-0.39, 0.29) is 18.0 Å². The molecule has 1 aromatic heterocycles. The Morgan fingerprint density at radius 3 is 2.43 bits per heavy atom. The molecule has 3 aromatic carbocycles. The lowest BCUT2D eigenvalue weighted by Crippen LogP contribution is -2.24. The van der Waals surface area contributed by atoms with Gasteiger partial charge in [-0.05, 0) is 82.1 Å². The molecule has 216 valence electrons. The van der Waals surface area contributed by atoms with Crippen LogP contribution in [0.3, 0.4) is 0 Å². The van der Waals surface area contributed by atoms with Crippen LogP contribution in [0.25, 0.3) is 22.2 Å². The molecule has 0 aliphatic carbocycles. The highest BCUT2D eigenvalue weighted by molar-refractivity contribution is 6.33. The Morgan fingerprint density at radius 2 is 1.74 bits per heavy atom. The number of carbonyl (C=O) groups is 2. The molecule has 4 aromatic rings. The van der Waals surface area contributed by atoms with E-state index in [0.717, 1.165) is 51.9 Å². The monoisotopic (exact) mass is 582 g/mol. The molecule has 0 fully saturated rings. The maximum absolute atomic E-state index is 13.6. The summed E-state index contributed by atoms with van der Waals surface area (Å²) in [4.78, 5) is 33.3. The van der Waals surface area contributed by atoms with Crippen LogP contribution in [-0.4, -0.2) is 41.5 Å². The van der Waals surface area contributed by atoms with E-state index >= 15 is 0 Å². The number of hydrogen-bond donors (Lipinski definition) is 2. The number of ether oxygens (including phenoxy) is 1. The Bertz CT molecular complexity index is 1700. The lowest BCUT2D eigenvalue weighted by atomic mass is 9.99. The fourth-order valence-electron chi connectivity index (χ4n) is 5.21. The number of nitrogens with one attached hydrogen (secondary N) is 2. The van der Waals surface area contributed by atoms with Crippen molar-refractivity contribution in [1.82, 2.24) is 15.2 Å². The molecule has 0 bridgehead atoms. The van der Waals surface area contributed by atoms with Crippen molar-refractivity contribution in [2.24, 2.45) is 0 Å². The average Bonchev–Trinajstić information content (AvgIpc) is 3.21. The minimum atomic E-state index is -0.267. The van der Waals surface area contributed by atoms with Gasteiger partial charge in [0.05, 0.1) is 22.5 Å². The summed E-state index contributed by atoms with van der Waals surface area (Å²) < 4.78 is 5.87. The third-order valence-electron chi connectivity index (χ3n) is 7.70. The van der Waals surface area contributed by atoms with Crippen LogP contribution in [-0.2, 0) is 4.74 Å². The van der Waals surface area contributed by atoms with Crippen LogP contribution in [0.2, 0.25) is 5.02 Å². The number of nitrogens with zero attached hydrogens (tertiary/aromatic N) is 2. The van der Waals surface area contributed by atoms with Gasteiger partial charge in [0.15, 0.2) is 6.23 Å². The van der Waals surface area contributed by atoms with E-state index < -0.39 is 0 Å². The highest BCUT2D eigenvalue weighted by Gasteiger charge is 2.23. The van der Waals surface area contributed by atoms with E-state index in [2.05, 4.69) is 28.5 Å². The predicted molar refractivity (Wildman–Crippen MR) is 169 cm³/mol. The second-order valence-electron chi connectivity index (χ2n) is 10.7. The lowest BCUT2D eigenvalue weighted by molar-refractivity contribution is 0.0675. The molecule has 1 unspecified atom stereocenters. The summed E-state index contributed by atoms with van der Waals surface area (Å²) in [5, 5.41) is 7.29. The van der Waals surface area contributed by atoms with E-state index in [1.165, 1.54) is 0 Å². The van der Waals surface area contributed by atoms with Gasteiger partial charge in [0, 0.05) is 47.2 Å². The molecule has 1 aliphatic rings. The van der Waals surface area contributed by atoms with Crippen LogP contribution in [0.5, 0.6) is 0 Å². The lowest BCUT2D eigenvalue weighted by Gasteiger charge is -2.16. The molecule has 1 aliphatic heterocycles. The number of fused-ring (bicyclic) bond motifs is 1. The summed E-state index contributed by atoms with van der Waals surface area (Å²) in [6.07, 6.45) is 1.60. The molecule has 0 saturated heterocycles. The molecule has 2 N–H and O–H groups in total. The summed E-state index contributed by atoms with van der Waals surface area (Å²) in [5.41, 5.74) is 6.91. The maximum atomic E-state index is 13.6. The van der Waals surface area contributed by atoms with Gasteiger partial charge >= 0.3 is 0 Å². The van der Waals surface area contributed by atoms with Crippen molar-refractivity contribution in [2.45, 2.75) is 46.8 Å². The fourth-order valence-corrected chi connectivity index (χ4v) is 5.44. The molecule has 5 rings (SSSR count). The van der Waals surface area contributed by atoms with Gasteiger partial charge in [0.25, 0.3) is 11.8 Å². The first-order valence-electron chi connectivity index (χ1n) is 14.1. The molecule has 7 nitrogen and oxygen atoms in total. The maximum Gasteiger partial charge on any atom is 0.256 e. The number of pyridine rings is 1. The third-order valence-corrected chi connectivity index (χ3v) is 8.03. The van der Waals surface area contributed by atoms with E-state index in [9.17, 15) is 9.59 Å². The van der Waals surface area contributed by atoms with Crippen molar-refractivity contribution < 1.29 is 14.3 Å². The molecule has 2 heterocycles. The number of allylic oxidation sites excluding steroid dienone is 2. The van der Waals surface area contributed by atoms with Gasteiger partial charge in [0.2, 0.25) is 0 Å². The van der Waals surface area contributed by atoms with Crippen molar-refractivity contribution in [3.63, 3.8) is 0 Å². The van der Waals surface area contributed by atoms with Crippen molar-refractivity contribution in [3.05, 3.63) is 105 Å². The zero-order valence-electron chi connectivity index (χ0n) is 24.5. The molecule has 0 saturated carbocycles. The van der Waals surface area contributed by atoms with Gasteiger partial charge in [-0.25, -0.2) is 4.98 Å². The molecule has 1 atom stereocenters. The van der Waals surface area contributed by atoms with Crippen molar-refractivity contribution in [2.75, 3.05) is 18.9 Å². The molecule has 2 amide bonds. The van der Waals surface area contributed by atoms with E-state index in [0.29, 0.717) is 34.1 Å². The first-order valence-corrected chi connectivity index (χ1v) is 14.5. The Kier molecular flexibility index (Phi) is 8.50. The quantitative estimate of drug-likeness (QED) is 0.210. The summed E-state index contributed by atoms with van der Waals surface area (Å²) in [6.45, 7) is 8.60. The fraction of sp³-hybridized carbons (Fsp3) is 0.265. The first-order chi connectivity index (χ1) is 20.1. The largest absolute Gasteiger partial charge is 0.473 e. The van der Waals surface area contributed by atoms with Gasteiger partial charge in [-0.1, -0.05) is 41.4 Å². The zero-order chi connectivity index (χ0) is 30.0. The summed E-state index contributed by atoms with van der Waals surface area (Å²) in [5.74, 6) is 0.550. The van der Waals surface area contributed by atoms with E-state index in [1.807, 2.05) is 58.2 Å². The molecule has 0 spiro atoms. The minimum absolute atomic E-state index is 0.0449. The number of aryl methyl sites for hydroxylation is 2. The number of aromatic nitrogens is 1. The standard InChI is InChI=1S/C34H35ClN4O3/c1-20-17-21(2)32-27(18-20)28(19-30(38-32)26-9-6-7-10-29(26)35)34(41)37-25-14-12-24(13-15-25)33(40)36-16-8-11-31-22(3)39(5)23(4)42-31/h6-7,9-10,12-15,17-19,23H,8,11,16H2,1-5H3,(H,36,40)(H,37,41). The van der Waals surface area contributed by atoms with Crippen molar-refractivity contribution in [1.29, 1.82) is 0 Å². The molecular weight excluding hydrogens is 548 g/mol. The normalized spacial score (nSPS) is 14.7. The SMILES string of the molecule is CC1=C(CCCNC(=O)c2ccc(NC(=O)c3cc(-c4ccccc4Cl)nc4c(C)cc(C)cc34)cc2)OC(C)N1C. The zero-order valence-corrected chi connectivity index (χ0v) is 25.3. The number of hydrogen-bond acceptors (Lipinski definition) is 5. The number of amides is 2. The van der Waals surface area contributed by atoms with Crippen LogP contribution >= 0.6 is 11.6 Å². The number of anilines is 1.